The predicted molar refractivity (Wildman–Crippen MR) is 80.1 cm³/mol. The fourth-order valence-electron chi connectivity index (χ4n) is 3.27. The highest BCUT2D eigenvalue weighted by Gasteiger charge is 2.18. The first-order chi connectivity index (χ1) is 9.66. The first-order valence-electron chi connectivity index (χ1n) is 7.50. The molecule has 0 radical (unpaired) electrons. The molecule has 2 aromatic rings. The molecule has 3 heteroatoms. The third-order valence-electron chi connectivity index (χ3n) is 4.58. The zero-order valence-electron chi connectivity index (χ0n) is 11.9. The van der Waals surface area contributed by atoms with Crippen LogP contribution in [0, 0.1) is 0 Å². The van der Waals surface area contributed by atoms with E-state index in [1.54, 1.807) is 6.92 Å². The van der Waals surface area contributed by atoms with E-state index in [-0.39, 0.29) is 0 Å². The van der Waals surface area contributed by atoms with Crippen molar-refractivity contribution in [2.24, 2.45) is 0 Å². The number of hydrogen-bond donors (Lipinski definition) is 1. The molecule has 0 saturated heterocycles. The van der Waals surface area contributed by atoms with E-state index in [0.717, 1.165) is 10.9 Å². The molecule has 1 aromatic carbocycles. The molecular formula is C17H21NO2. The van der Waals surface area contributed by atoms with Gasteiger partial charge >= 0.3 is 5.97 Å². The summed E-state index contributed by atoms with van der Waals surface area (Å²) in [6, 6.07) is 8.79. The summed E-state index contributed by atoms with van der Waals surface area (Å²) in [5, 5.41) is 10.3. The quantitative estimate of drug-likeness (QED) is 0.902. The molecule has 0 aliphatic heterocycles. The third kappa shape index (κ3) is 2.33. The van der Waals surface area contributed by atoms with Crippen molar-refractivity contribution in [3.05, 3.63) is 36.0 Å². The number of aliphatic carboxylic acids is 1. The average Bonchev–Trinajstić information content (AvgIpc) is 2.90. The Kier molecular flexibility index (Phi) is 3.51. The minimum Gasteiger partial charge on any atom is -0.481 e. The van der Waals surface area contributed by atoms with Gasteiger partial charge in [0.05, 0.1) is 5.92 Å². The van der Waals surface area contributed by atoms with Gasteiger partial charge in [-0.05, 0) is 48.9 Å². The fourth-order valence-corrected chi connectivity index (χ4v) is 3.27. The summed E-state index contributed by atoms with van der Waals surface area (Å²) >= 11 is 0. The van der Waals surface area contributed by atoms with Crippen molar-refractivity contribution in [1.29, 1.82) is 0 Å². The van der Waals surface area contributed by atoms with Crippen molar-refractivity contribution in [2.75, 3.05) is 0 Å². The summed E-state index contributed by atoms with van der Waals surface area (Å²) in [5.74, 6) is -1.21. The Hall–Kier alpha value is -1.77. The molecule has 0 bridgehead atoms. The summed E-state index contributed by atoms with van der Waals surface area (Å²) in [4.78, 5) is 11.1. The lowest BCUT2D eigenvalue weighted by molar-refractivity contribution is -0.138. The van der Waals surface area contributed by atoms with Crippen LogP contribution in [-0.2, 0) is 4.79 Å². The van der Waals surface area contributed by atoms with Crippen LogP contribution in [0.3, 0.4) is 0 Å². The molecule has 1 unspecified atom stereocenters. The number of fused-ring (bicyclic) bond motifs is 1. The van der Waals surface area contributed by atoms with Crippen LogP contribution in [0.1, 0.15) is 56.6 Å². The van der Waals surface area contributed by atoms with E-state index in [0.29, 0.717) is 6.04 Å². The Labute approximate surface area is 119 Å². The Morgan fingerprint density at radius 1 is 1.25 bits per heavy atom. The number of carboxylic acids is 1. The summed E-state index contributed by atoms with van der Waals surface area (Å²) in [6.07, 6.45) is 8.68. The summed E-state index contributed by atoms with van der Waals surface area (Å²) in [6.45, 7) is 1.74. The third-order valence-corrected chi connectivity index (χ3v) is 4.58. The minimum absolute atomic E-state index is 0.447. The van der Waals surface area contributed by atoms with E-state index in [1.807, 2.05) is 12.1 Å². The molecule has 1 aromatic heterocycles. The Bertz CT molecular complexity index is 623. The number of hydrogen-bond acceptors (Lipinski definition) is 1. The van der Waals surface area contributed by atoms with Crippen molar-refractivity contribution in [3.63, 3.8) is 0 Å². The van der Waals surface area contributed by atoms with E-state index in [2.05, 4.69) is 22.9 Å². The number of carbonyl (C=O) groups is 1. The zero-order valence-corrected chi connectivity index (χ0v) is 11.9. The van der Waals surface area contributed by atoms with Gasteiger partial charge in [0, 0.05) is 17.8 Å². The number of rotatable bonds is 3. The van der Waals surface area contributed by atoms with Gasteiger partial charge in [0.25, 0.3) is 0 Å². The lowest BCUT2D eigenvalue weighted by atomic mass is 9.95. The Morgan fingerprint density at radius 2 is 2.00 bits per heavy atom. The highest BCUT2D eigenvalue weighted by atomic mass is 16.4. The van der Waals surface area contributed by atoms with Crippen LogP contribution in [-0.4, -0.2) is 15.6 Å². The average molecular weight is 271 g/mol. The van der Waals surface area contributed by atoms with Gasteiger partial charge in [0.1, 0.15) is 0 Å². The molecule has 1 aliphatic rings. The maximum atomic E-state index is 11.1. The topological polar surface area (TPSA) is 42.2 Å². The molecule has 1 fully saturated rings. The standard InChI is InChI=1S/C17H21NO2/c1-12(17(19)20)13-7-8-16-14(11-13)9-10-18(16)15-5-3-2-4-6-15/h7-12,15H,2-6H2,1H3,(H,19,20). The van der Waals surface area contributed by atoms with E-state index in [9.17, 15) is 4.79 Å². The van der Waals surface area contributed by atoms with Gasteiger partial charge in [-0.25, -0.2) is 0 Å². The van der Waals surface area contributed by atoms with Crippen LogP contribution < -0.4 is 0 Å². The molecule has 1 aliphatic carbocycles. The second kappa shape index (κ2) is 5.31. The van der Waals surface area contributed by atoms with Gasteiger partial charge in [0.2, 0.25) is 0 Å². The Morgan fingerprint density at radius 3 is 2.70 bits per heavy atom. The normalized spacial score (nSPS) is 18.2. The van der Waals surface area contributed by atoms with Crippen molar-refractivity contribution < 1.29 is 9.90 Å². The van der Waals surface area contributed by atoms with Gasteiger partial charge in [-0.3, -0.25) is 4.79 Å². The molecular weight excluding hydrogens is 250 g/mol. The SMILES string of the molecule is CC(C(=O)O)c1ccc2c(ccn2C2CCCCC2)c1. The maximum Gasteiger partial charge on any atom is 0.310 e. The van der Waals surface area contributed by atoms with E-state index >= 15 is 0 Å². The second-order valence-electron chi connectivity index (χ2n) is 5.89. The van der Waals surface area contributed by atoms with Gasteiger partial charge in [-0.2, -0.15) is 0 Å². The lowest BCUT2D eigenvalue weighted by Gasteiger charge is -2.24. The summed E-state index contributed by atoms with van der Waals surface area (Å²) < 4.78 is 2.38. The number of nitrogens with zero attached hydrogens (tertiary/aromatic N) is 1. The minimum atomic E-state index is -0.768. The molecule has 1 saturated carbocycles. The molecule has 1 N–H and O–H groups in total. The maximum absolute atomic E-state index is 11.1. The van der Waals surface area contributed by atoms with Crippen LogP contribution in [0.15, 0.2) is 30.5 Å². The van der Waals surface area contributed by atoms with Crippen molar-refractivity contribution in [3.8, 4) is 0 Å². The molecule has 0 amide bonds. The van der Waals surface area contributed by atoms with Gasteiger partial charge in [-0.15, -0.1) is 0 Å². The predicted octanol–water partition coefficient (Wildman–Crippen LogP) is 4.33. The monoisotopic (exact) mass is 271 g/mol. The molecule has 0 spiro atoms. The molecule has 3 nitrogen and oxygen atoms in total. The largest absolute Gasteiger partial charge is 0.481 e. The van der Waals surface area contributed by atoms with Crippen LogP contribution in [0.25, 0.3) is 10.9 Å². The van der Waals surface area contributed by atoms with Crippen LogP contribution in [0.4, 0.5) is 0 Å². The molecule has 1 heterocycles. The number of benzene rings is 1. The molecule has 20 heavy (non-hydrogen) atoms. The van der Waals surface area contributed by atoms with Crippen LogP contribution in [0.2, 0.25) is 0 Å². The van der Waals surface area contributed by atoms with Gasteiger partial charge < -0.3 is 9.67 Å². The first kappa shape index (κ1) is 13.2. The lowest BCUT2D eigenvalue weighted by Crippen LogP contribution is -2.11. The fraction of sp³-hybridized carbons (Fsp3) is 0.471. The first-order valence-corrected chi connectivity index (χ1v) is 7.50. The van der Waals surface area contributed by atoms with Crippen molar-refractivity contribution in [2.45, 2.75) is 51.0 Å². The van der Waals surface area contributed by atoms with Crippen molar-refractivity contribution >= 4 is 16.9 Å². The smallest absolute Gasteiger partial charge is 0.310 e. The summed E-state index contributed by atoms with van der Waals surface area (Å²) in [5.41, 5.74) is 2.12. The van der Waals surface area contributed by atoms with Crippen LogP contribution >= 0.6 is 0 Å². The van der Waals surface area contributed by atoms with Gasteiger partial charge in [-0.1, -0.05) is 25.3 Å². The van der Waals surface area contributed by atoms with E-state index in [1.165, 1.54) is 37.6 Å². The number of carboxylic acid groups (broad SMARTS) is 1. The molecule has 3 rings (SSSR count). The summed E-state index contributed by atoms with van der Waals surface area (Å²) in [7, 11) is 0. The number of aromatic nitrogens is 1. The van der Waals surface area contributed by atoms with E-state index in [4.69, 9.17) is 5.11 Å². The molecule has 1 atom stereocenters. The van der Waals surface area contributed by atoms with E-state index < -0.39 is 11.9 Å². The molecule has 106 valence electrons. The Balaban J connectivity index is 1.95. The van der Waals surface area contributed by atoms with Crippen molar-refractivity contribution in [1.82, 2.24) is 4.57 Å². The van der Waals surface area contributed by atoms with Gasteiger partial charge in [0.15, 0.2) is 0 Å². The second-order valence-corrected chi connectivity index (χ2v) is 5.89. The van der Waals surface area contributed by atoms with Crippen LogP contribution in [0.5, 0.6) is 0 Å². The highest BCUT2D eigenvalue weighted by Crippen LogP contribution is 2.32. The highest BCUT2D eigenvalue weighted by molar-refractivity contribution is 5.83. The zero-order chi connectivity index (χ0) is 14.1.